The van der Waals surface area contributed by atoms with Crippen molar-refractivity contribution in [3.8, 4) is 68.4 Å². The van der Waals surface area contributed by atoms with Gasteiger partial charge in [0.25, 0.3) is 0 Å². The molecular formula is C87H89F4Ir5N10O11-5. The molecule has 7 aromatic carbocycles. The minimum atomic E-state index is -0.677. The maximum Gasteiger partial charge on any atom is 0.155 e. The molecule has 117 heavy (non-hydrogen) atoms. The van der Waals surface area contributed by atoms with Gasteiger partial charge in [-0.3, -0.25) is 66.5 Å². The van der Waals surface area contributed by atoms with Crippen LogP contribution in [0, 0.1) is 53.6 Å². The molecule has 5 aromatic heterocycles. The number of aromatic nitrogens is 10. The summed E-state index contributed by atoms with van der Waals surface area (Å²) in [6.45, 7) is 15.1. The van der Waals surface area contributed by atoms with Gasteiger partial charge in [-0.15, -0.1) is 126 Å². The number of halogens is 4. The van der Waals surface area contributed by atoms with Crippen LogP contribution in [0.2, 0.25) is 0 Å². The summed E-state index contributed by atoms with van der Waals surface area (Å²) in [7, 11) is 7.31. The number of carbonyl (C=O) groups is 5. The van der Waals surface area contributed by atoms with E-state index in [2.05, 4.69) is 84.1 Å². The number of rotatable bonds is 14. The molecule has 0 amide bonds. The molecule has 5 radical (unpaired) electrons. The molecule has 0 fully saturated rings. The molecule has 0 aliphatic rings. The summed E-state index contributed by atoms with van der Waals surface area (Å²) in [6.07, 6.45) is 23.6. The Kier molecular flexibility index (Phi) is 57.5. The number of para-hydroxylation sites is 1. The number of benzene rings is 7. The zero-order valence-electron chi connectivity index (χ0n) is 66.1. The summed E-state index contributed by atoms with van der Waals surface area (Å²) in [5, 5.41) is 41.8. The predicted molar refractivity (Wildman–Crippen MR) is 424 cm³/mol. The summed E-state index contributed by atoms with van der Waals surface area (Å²) in [5.74, 6) is 1.52. The van der Waals surface area contributed by atoms with Crippen molar-refractivity contribution in [1.82, 2.24) is 47.8 Å². The van der Waals surface area contributed by atoms with Gasteiger partial charge in [-0.2, -0.15) is 0 Å². The quantitative estimate of drug-likeness (QED) is 0.0293. The first kappa shape index (κ1) is 111. The van der Waals surface area contributed by atoms with E-state index in [1.54, 1.807) is 60.5 Å². The van der Waals surface area contributed by atoms with Crippen LogP contribution < -0.4 is 4.74 Å². The van der Waals surface area contributed by atoms with Gasteiger partial charge in [0.2, 0.25) is 0 Å². The van der Waals surface area contributed by atoms with Crippen molar-refractivity contribution in [3.63, 3.8) is 0 Å². The number of hydrogen-bond donors (Lipinski definition) is 5. The van der Waals surface area contributed by atoms with Gasteiger partial charge in [-0.1, -0.05) is 71.8 Å². The van der Waals surface area contributed by atoms with E-state index < -0.39 is 23.3 Å². The van der Waals surface area contributed by atoms with Gasteiger partial charge in [-0.25, -0.2) is 0 Å². The third-order valence-electron chi connectivity index (χ3n) is 13.4. The third kappa shape index (κ3) is 45.5. The molecule has 12 aromatic rings. The molecule has 0 spiro atoms. The smallest absolute Gasteiger partial charge is 0.155 e. The SMILES string of the molecule is CC(=O)C=C(C)O.CC(=O)C=C(C)O.CC(=O)C=C(C)O.CC(=O)C=C(C)O.CC(=O)C=C(C)O.COc1c[c-]c(-c2nccn2C)cc1.Cn1ccnc1-c1[c-]cc(F)cc1F.Cn1ccnc1-c1[c-]cccc1.Fc1c[c-]c(-c2nccn2-c2ccccc2)c(F)c1.[Ir].[Ir].[Ir].[Ir].[Ir].[c-]1ccccc1-c1nccn1Cc1ccccc1. The molecule has 0 saturated carbocycles. The second-order valence-corrected chi connectivity index (χ2v) is 23.7. The van der Waals surface area contributed by atoms with Crippen LogP contribution in [0.5, 0.6) is 5.75 Å². The van der Waals surface area contributed by atoms with E-state index >= 15 is 0 Å². The van der Waals surface area contributed by atoms with Crippen LogP contribution >= 0.6 is 0 Å². The van der Waals surface area contributed by atoms with Gasteiger partial charge >= 0.3 is 0 Å². The standard InChI is InChI=1S/C16H13N2.C15H9F2N2.C11H11N2O.C10H7F2N2.C10H9N2.5C5H8O2.5Ir/c1-3-7-14(8-4-1)13-18-12-11-17-16(18)15-9-5-2-6-10-15;16-11-6-7-13(14(17)10-11)15-18-8-9-19(15)12-4-2-1-3-5-12;1-13-8-7-12-11(13)9-3-5-10(14-2)6-4-9;1-14-5-4-13-10(14)8-3-2-7(11)6-9(8)12;1-12-8-7-11-10(12)9-5-3-2-4-6-9;5*1-4(6)3-5(2)7;;;;;/h1-9,11-12H,13H2;1-6,8-10H;3,5-8H,1-2H3;2,4-6H,1H3;2-5,7-8H,1H3;5*3,6H,1-2H3;;;;;/q5*-1;;;;;;;;;;. The van der Waals surface area contributed by atoms with E-state index in [9.17, 15) is 41.5 Å². The fourth-order valence-electron chi connectivity index (χ4n) is 9.05. The second-order valence-electron chi connectivity index (χ2n) is 23.7. The van der Waals surface area contributed by atoms with Gasteiger partial charge in [0.15, 0.2) is 28.9 Å². The van der Waals surface area contributed by atoms with Crippen LogP contribution in [0.1, 0.15) is 74.8 Å². The second kappa shape index (κ2) is 60.9. The molecule has 0 bridgehead atoms. The van der Waals surface area contributed by atoms with Gasteiger partial charge < -0.3 is 53.1 Å². The number of nitrogens with zero attached hydrogens (tertiary/aromatic N) is 10. The third-order valence-corrected chi connectivity index (χ3v) is 13.4. The molecule has 12 rings (SSSR count). The molecule has 21 nitrogen and oxygen atoms in total. The van der Waals surface area contributed by atoms with E-state index in [-0.39, 0.29) is 169 Å². The zero-order valence-corrected chi connectivity index (χ0v) is 78.1. The first-order chi connectivity index (χ1) is 53.2. The molecule has 631 valence electrons. The molecule has 0 atom stereocenters. The van der Waals surface area contributed by atoms with Crippen molar-refractivity contribution in [2.24, 2.45) is 21.1 Å². The normalized spacial score (nSPS) is 10.3. The fraction of sp³-hybridized carbons (Fsp3) is 0.172. The molecule has 0 aliphatic heterocycles. The molecule has 0 unspecified atom stereocenters. The summed E-state index contributed by atoms with van der Waals surface area (Å²) in [4.78, 5) is 71.0. The van der Waals surface area contributed by atoms with Crippen molar-refractivity contribution in [1.29, 1.82) is 0 Å². The monoisotopic (exact) mass is 2490 g/mol. The average molecular weight is 2490 g/mol. The molecule has 5 N–H and O–H groups in total. The van der Waals surface area contributed by atoms with Gasteiger partial charge in [0, 0.05) is 255 Å². The maximum absolute atomic E-state index is 13.8. The van der Waals surface area contributed by atoms with Crippen LogP contribution in [0.25, 0.3) is 62.6 Å². The Bertz CT molecular complexity index is 4870. The Balaban J connectivity index is -0.00000126. The minimum absolute atomic E-state index is 0. The van der Waals surface area contributed by atoms with Gasteiger partial charge in [0.05, 0.1) is 65.0 Å². The van der Waals surface area contributed by atoms with Crippen LogP contribution in [0.4, 0.5) is 17.6 Å². The van der Waals surface area contributed by atoms with Crippen molar-refractivity contribution < 1.29 is 172 Å². The predicted octanol–water partition coefficient (Wildman–Crippen LogP) is 18.1. The van der Waals surface area contributed by atoms with Crippen LogP contribution in [0.3, 0.4) is 0 Å². The van der Waals surface area contributed by atoms with Crippen molar-refractivity contribution >= 4 is 28.9 Å². The molecule has 5 heterocycles. The number of carbonyl (C=O) groups excluding carboxylic acids is 5. The zero-order chi connectivity index (χ0) is 83.2. The Morgan fingerprint density at radius 3 is 1.04 bits per heavy atom. The molecule has 0 aliphatic carbocycles. The number of imidazole rings is 5. The molecule has 0 saturated heterocycles. The van der Waals surface area contributed by atoms with E-state index in [0.717, 1.165) is 76.4 Å². The Hall–Kier alpha value is -10.6. The minimum Gasteiger partial charge on any atom is -0.540 e. The van der Waals surface area contributed by atoms with Crippen molar-refractivity contribution in [2.75, 3.05) is 7.11 Å². The first-order valence-corrected chi connectivity index (χ1v) is 33.9. The summed E-state index contributed by atoms with van der Waals surface area (Å²) in [6, 6.07) is 59.6. The Morgan fingerprint density at radius 1 is 0.385 bits per heavy atom. The Labute approximate surface area is 747 Å². The fourth-order valence-corrected chi connectivity index (χ4v) is 9.05. The Morgan fingerprint density at radius 2 is 0.718 bits per heavy atom. The van der Waals surface area contributed by atoms with Crippen molar-refractivity contribution in [2.45, 2.75) is 75.8 Å². The summed E-state index contributed by atoms with van der Waals surface area (Å²) in [5.41, 5.74) is 5.48. The summed E-state index contributed by atoms with van der Waals surface area (Å²) >= 11 is 0. The first-order valence-electron chi connectivity index (χ1n) is 33.9. The average Bonchev–Trinajstić information content (AvgIpc) is 1.72. The summed E-state index contributed by atoms with van der Waals surface area (Å²) < 4.78 is 67.1. The number of allylic oxidation sites excluding steroid dienone is 10. The number of ketones is 5. The largest absolute Gasteiger partial charge is 0.540 e. The molecule has 30 heteroatoms. The number of aryl methyl sites for hydroxylation is 3. The van der Waals surface area contributed by atoms with Crippen LogP contribution in [-0.4, -0.2) is 109 Å². The van der Waals surface area contributed by atoms with E-state index in [1.807, 2.05) is 151 Å². The van der Waals surface area contributed by atoms with Gasteiger partial charge in [-0.05, 0) is 86.9 Å². The van der Waals surface area contributed by atoms with E-state index in [1.165, 1.54) is 105 Å². The van der Waals surface area contributed by atoms with E-state index in [0.29, 0.717) is 11.6 Å². The van der Waals surface area contributed by atoms with Crippen LogP contribution in [-0.2, 0) is 152 Å². The number of aliphatic hydroxyl groups excluding tert-OH is 5. The maximum atomic E-state index is 13.8. The van der Waals surface area contributed by atoms with E-state index in [4.69, 9.17) is 30.3 Å². The number of ether oxygens (including phenoxy) is 1. The number of hydrogen-bond acceptors (Lipinski definition) is 16. The number of aliphatic hydroxyl groups is 5. The van der Waals surface area contributed by atoms with Gasteiger partial charge in [0.1, 0.15) is 0 Å². The molecular weight excluding hydrogens is 2400 g/mol. The topological polar surface area (TPSA) is 285 Å². The van der Waals surface area contributed by atoms with Crippen LogP contribution in [0.15, 0.2) is 273 Å². The van der Waals surface area contributed by atoms with Crippen molar-refractivity contribution in [3.05, 3.63) is 332 Å². The number of methoxy groups -OCH3 is 1.